The van der Waals surface area contributed by atoms with E-state index < -0.39 is 18.7 Å². The summed E-state index contributed by atoms with van der Waals surface area (Å²) >= 11 is 0. The largest absolute Gasteiger partial charge is 0.497 e. The molecule has 0 amide bonds. The minimum Gasteiger partial charge on any atom is -0.497 e. The molecule has 1 rings (SSSR count). The van der Waals surface area contributed by atoms with Gasteiger partial charge in [0.1, 0.15) is 5.75 Å². The van der Waals surface area contributed by atoms with Gasteiger partial charge in [0.25, 0.3) is 0 Å². The van der Waals surface area contributed by atoms with Gasteiger partial charge < -0.3 is 9.84 Å². The zero-order valence-corrected chi connectivity index (χ0v) is 8.08. The van der Waals surface area contributed by atoms with E-state index in [4.69, 9.17) is 4.74 Å². The van der Waals surface area contributed by atoms with Crippen LogP contribution in [0.3, 0.4) is 0 Å². The van der Waals surface area contributed by atoms with Crippen LogP contribution in [0, 0.1) is 0 Å². The quantitative estimate of drug-likeness (QED) is 0.848. The highest BCUT2D eigenvalue weighted by molar-refractivity contribution is 5.28. The number of rotatable bonds is 3. The number of hydrogen-bond acceptors (Lipinski definition) is 2. The third-order valence-electron chi connectivity index (χ3n) is 1.93. The Kier molecular flexibility index (Phi) is 3.57. The van der Waals surface area contributed by atoms with Gasteiger partial charge in [-0.1, -0.05) is 12.1 Å². The second kappa shape index (κ2) is 4.53. The first-order chi connectivity index (χ1) is 6.92. The highest BCUT2D eigenvalue weighted by atomic mass is 19.4. The second-order valence-electron chi connectivity index (χ2n) is 3.11. The molecule has 0 aliphatic heterocycles. The predicted molar refractivity (Wildman–Crippen MR) is 48.6 cm³/mol. The standard InChI is InChI=1S/C10H11F3O2/c1-15-8-4-2-7(3-5-8)9(14)6-10(11,12)13/h2-5,9,14H,6H2,1H3. The van der Waals surface area contributed by atoms with E-state index >= 15 is 0 Å². The van der Waals surface area contributed by atoms with Crippen molar-refractivity contribution < 1.29 is 23.0 Å². The lowest BCUT2D eigenvalue weighted by atomic mass is 10.1. The van der Waals surface area contributed by atoms with Crippen LogP contribution in [0.1, 0.15) is 18.1 Å². The van der Waals surface area contributed by atoms with Crippen LogP contribution >= 0.6 is 0 Å². The van der Waals surface area contributed by atoms with Crippen molar-refractivity contribution in [1.82, 2.24) is 0 Å². The summed E-state index contributed by atoms with van der Waals surface area (Å²) in [6, 6.07) is 5.84. The van der Waals surface area contributed by atoms with Crippen molar-refractivity contribution in [2.75, 3.05) is 7.11 Å². The zero-order chi connectivity index (χ0) is 11.5. The summed E-state index contributed by atoms with van der Waals surface area (Å²) in [6.45, 7) is 0. The molecule has 0 fully saturated rings. The molecule has 0 bridgehead atoms. The maximum absolute atomic E-state index is 12.0. The van der Waals surface area contributed by atoms with Gasteiger partial charge in [0.05, 0.1) is 19.6 Å². The second-order valence-corrected chi connectivity index (χ2v) is 3.11. The molecule has 0 aliphatic rings. The lowest BCUT2D eigenvalue weighted by molar-refractivity contribution is -0.154. The number of methoxy groups -OCH3 is 1. The molecule has 0 aliphatic carbocycles. The lowest BCUT2D eigenvalue weighted by Crippen LogP contribution is -2.13. The van der Waals surface area contributed by atoms with Crippen LogP contribution in [0.4, 0.5) is 13.2 Å². The molecule has 84 valence electrons. The normalized spacial score (nSPS) is 13.7. The van der Waals surface area contributed by atoms with Gasteiger partial charge in [-0.25, -0.2) is 0 Å². The molecule has 0 saturated heterocycles. The molecule has 1 aromatic rings. The zero-order valence-electron chi connectivity index (χ0n) is 8.08. The maximum atomic E-state index is 12.0. The number of halogens is 3. The fraction of sp³-hybridized carbons (Fsp3) is 0.400. The first-order valence-corrected chi connectivity index (χ1v) is 4.31. The fourth-order valence-corrected chi connectivity index (χ4v) is 1.16. The summed E-state index contributed by atoms with van der Waals surface area (Å²) in [5.41, 5.74) is 0.230. The molecule has 1 N–H and O–H groups in total. The van der Waals surface area contributed by atoms with Gasteiger partial charge in [-0.15, -0.1) is 0 Å². The average Bonchev–Trinajstić information content (AvgIpc) is 2.15. The van der Waals surface area contributed by atoms with E-state index in [1.54, 1.807) is 0 Å². The van der Waals surface area contributed by atoms with Gasteiger partial charge in [-0.05, 0) is 17.7 Å². The molecule has 1 unspecified atom stereocenters. The lowest BCUT2D eigenvalue weighted by Gasteiger charge is -2.13. The number of alkyl halides is 3. The van der Waals surface area contributed by atoms with Crippen LogP contribution in [0.15, 0.2) is 24.3 Å². The van der Waals surface area contributed by atoms with Crippen LogP contribution in [0.2, 0.25) is 0 Å². The minimum atomic E-state index is -4.36. The molecule has 0 aromatic heterocycles. The van der Waals surface area contributed by atoms with Gasteiger partial charge in [0, 0.05) is 0 Å². The maximum Gasteiger partial charge on any atom is 0.391 e. The molecular formula is C10H11F3O2. The Labute approximate surface area is 85.3 Å². The average molecular weight is 220 g/mol. The molecule has 5 heteroatoms. The Bertz CT molecular complexity index is 305. The van der Waals surface area contributed by atoms with Crippen molar-refractivity contribution in [2.24, 2.45) is 0 Å². The van der Waals surface area contributed by atoms with E-state index in [-0.39, 0.29) is 5.56 Å². The monoisotopic (exact) mass is 220 g/mol. The molecule has 0 spiro atoms. The Hall–Kier alpha value is -1.23. The summed E-state index contributed by atoms with van der Waals surface area (Å²) in [5, 5.41) is 9.26. The van der Waals surface area contributed by atoms with E-state index in [0.29, 0.717) is 5.75 Å². The van der Waals surface area contributed by atoms with Gasteiger partial charge in [-0.3, -0.25) is 0 Å². The van der Waals surface area contributed by atoms with E-state index in [0.717, 1.165) is 0 Å². The van der Waals surface area contributed by atoms with Gasteiger partial charge in [0.2, 0.25) is 0 Å². The first kappa shape index (κ1) is 11.8. The molecule has 0 saturated carbocycles. The molecular weight excluding hydrogens is 209 g/mol. The van der Waals surface area contributed by atoms with Crippen LogP contribution in [0.5, 0.6) is 5.75 Å². The van der Waals surface area contributed by atoms with Crippen molar-refractivity contribution in [3.63, 3.8) is 0 Å². The number of aliphatic hydroxyl groups excluding tert-OH is 1. The van der Waals surface area contributed by atoms with E-state index in [2.05, 4.69) is 0 Å². The van der Waals surface area contributed by atoms with Gasteiger partial charge in [0.15, 0.2) is 0 Å². The van der Waals surface area contributed by atoms with Crippen molar-refractivity contribution in [2.45, 2.75) is 18.7 Å². The molecule has 1 atom stereocenters. The third kappa shape index (κ3) is 3.79. The Morgan fingerprint density at radius 3 is 2.20 bits per heavy atom. The number of aliphatic hydroxyl groups is 1. The molecule has 0 heterocycles. The van der Waals surface area contributed by atoms with Crippen molar-refractivity contribution >= 4 is 0 Å². The van der Waals surface area contributed by atoms with Crippen molar-refractivity contribution in [3.8, 4) is 5.75 Å². The third-order valence-corrected chi connectivity index (χ3v) is 1.93. The SMILES string of the molecule is COc1ccc(C(O)CC(F)(F)F)cc1. The summed E-state index contributed by atoms with van der Waals surface area (Å²) < 4.78 is 40.7. The fourth-order valence-electron chi connectivity index (χ4n) is 1.16. The van der Waals surface area contributed by atoms with Crippen LogP contribution in [0.25, 0.3) is 0 Å². The summed E-state index contributed by atoms with van der Waals surface area (Å²) in [7, 11) is 1.46. The summed E-state index contributed by atoms with van der Waals surface area (Å²) in [4.78, 5) is 0. The van der Waals surface area contributed by atoms with Crippen molar-refractivity contribution in [3.05, 3.63) is 29.8 Å². The predicted octanol–water partition coefficient (Wildman–Crippen LogP) is 2.68. The highest BCUT2D eigenvalue weighted by Crippen LogP contribution is 2.29. The van der Waals surface area contributed by atoms with Crippen molar-refractivity contribution in [1.29, 1.82) is 0 Å². The van der Waals surface area contributed by atoms with E-state index in [1.807, 2.05) is 0 Å². The number of ether oxygens (including phenoxy) is 1. The highest BCUT2D eigenvalue weighted by Gasteiger charge is 2.31. The summed E-state index contributed by atoms with van der Waals surface area (Å²) in [5.74, 6) is 0.540. The number of hydrogen-bond donors (Lipinski definition) is 1. The number of benzene rings is 1. The molecule has 1 aromatic carbocycles. The first-order valence-electron chi connectivity index (χ1n) is 4.31. The minimum absolute atomic E-state index is 0.230. The Balaban J connectivity index is 2.70. The topological polar surface area (TPSA) is 29.5 Å². The summed E-state index contributed by atoms with van der Waals surface area (Å²) in [6.07, 6.45) is -7.12. The van der Waals surface area contributed by atoms with E-state index in [9.17, 15) is 18.3 Å². The van der Waals surface area contributed by atoms with Crippen LogP contribution in [-0.2, 0) is 0 Å². The van der Waals surface area contributed by atoms with Crippen LogP contribution in [-0.4, -0.2) is 18.4 Å². The Morgan fingerprint density at radius 2 is 1.80 bits per heavy atom. The smallest absolute Gasteiger partial charge is 0.391 e. The molecule has 2 nitrogen and oxygen atoms in total. The molecule has 15 heavy (non-hydrogen) atoms. The molecule has 0 radical (unpaired) electrons. The van der Waals surface area contributed by atoms with Gasteiger partial charge >= 0.3 is 6.18 Å². The van der Waals surface area contributed by atoms with E-state index in [1.165, 1.54) is 31.4 Å². The van der Waals surface area contributed by atoms with Gasteiger partial charge in [-0.2, -0.15) is 13.2 Å². The van der Waals surface area contributed by atoms with Crippen LogP contribution < -0.4 is 4.74 Å². The Morgan fingerprint density at radius 1 is 1.27 bits per heavy atom.